The Hall–Kier alpha value is -0.0800. The van der Waals surface area contributed by atoms with E-state index in [2.05, 4.69) is 15.6 Å². The fourth-order valence-electron chi connectivity index (χ4n) is 1.79. The summed E-state index contributed by atoms with van der Waals surface area (Å²) in [4.78, 5) is 4.18. The first-order chi connectivity index (χ1) is 8.38. The molecule has 5 nitrogen and oxygen atoms in total. The van der Waals surface area contributed by atoms with Gasteiger partial charge in [-0.2, -0.15) is 0 Å². The maximum Gasteiger partial charge on any atom is 0.191 e. The number of nitrogens with zero attached hydrogens (tertiary/aromatic N) is 1. The molecule has 0 aromatic rings. The molecule has 0 aromatic heterocycles. The topological polar surface area (TPSA) is 54.9 Å². The van der Waals surface area contributed by atoms with Gasteiger partial charge in [-0.1, -0.05) is 0 Å². The van der Waals surface area contributed by atoms with Crippen molar-refractivity contribution >= 4 is 29.9 Å². The third-order valence-electron chi connectivity index (χ3n) is 3.00. The van der Waals surface area contributed by atoms with Gasteiger partial charge >= 0.3 is 0 Å². The highest BCUT2D eigenvalue weighted by Gasteiger charge is 2.21. The van der Waals surface area contributed by atoms with E-state index in [-0.39, 0.29) is 24.0 Å². The lowest BCUT2D eigenvalue weighted by molar-refractivity contribution is 0.0420. The lowest BCUT2D eigenvalue weighted by Gasteiger charge is -2.12. The van der Waals surface area contributed by atoms with Crippen LogP contribution < -0.4 is 10.6 Å². The maximum absolute atomic E-state index is 5.69. The lowest BCUT2D eigenvalue weighted by Crippen LogP contribution is -2.39. The van der Waals surface area contributed by atoms with Gasteiger partial charge in [0.05, 0.1) is 12.7 Å². The minimum atomic E-state index is 0. The van der Waals surface area contributed by atoms with Crippen molar-refractivity contribution in [3.8, 4) is 0 Å². The number of ether oxygens (including phenoxy) is 2. The van der Waals surface area contributed by atoms with Crippen LogP contribution in [0.2, 0.25) is 0 Å². The number of halogens is 1. The molecule has 1 heterocycles. The van der Waals surface area contributed by atoms with Crippen molar-refractivity contribution in [2.45, 2.75) is 37.8 Å². The summed E-state index contributed by atoms with van der Waals surface area (Å²) in [6.07, 6.45) is 4.90. The average molecular weight is 369 g/mol. The van der Waals surface area contributed by atoms with Crippen molar-refractivity contribution in [2.75, 3.05) is 33.4 Å². The summed E-state index contributed by atoms with van der Waals surface area (Å²) in [5.41, 5.74) is 0. The highest BCUT2D eigenvalue weighted by Crippen LogP contribution is 2.18. The molecule has 1 unspecified atom stereocenters. The van der Waals surface area contributed by atoms with E-state index in [0.29, 0.717) is 12.1 Å². The number of aliphatic imine (C=N–C) groups is 1. The van der Waals surface area contributed by atoms with Crippen LogP contribution in [-0.4, -0.2) is 51.5 Å². The monoisotopic (exact) mass is 369 g/mol. The summed E-state index contributed by atoms with van der Waals surface area (Å²) in [6.45, 7) is 3.31. The molecule has 2 rings (SSSR count). The highest BCUT2D eigenvalue weighted by atomic mass is 127. The first kappa shape index (κ1) is 16.0. The van der Waals surface area contributed by atoms with Gasteiger partial charge in [0.25, 0.3) is 0 Å². The summed E-state index contributed by atoms with van der Waals surface area (Å²) in [7, 11) is 1.81. The third kappa shape index (κ3) is 6.19. The van der Waals surface area contributed by atoms with Gasteiger partial charge in [0, 0.05) is 32.8 Å². The van der Waals surface area contributed by atoms with Crippen molar-refractivity contribution in [1.82, 2.24) is 10.6 Å². The van der Waals surface area contributed by atoms with E-state index < -0.39 is 0 Å². The summed E-state index contributed by atoms with van der Waals surface area (Å²) in [5, 5.41) is 6.64. The van der Waals surface area contributed by atoms with E-state index in [4.69, 9.17) is 9.47 Å². The zero-order valence-corrected chi connectivity index (χ0v) is 13.3. The van der Waals surface area contributed by atoms with E-state index in [1.807, 2.05) is 7.05 Å². The predicted octanol–water partition coefficient (Wildman–Crippen LogP) is 1.13. The minimum Gasteiger partial charge on any atom is -0.379 e. The zero-order chi connectivity index (χ0) is 11.9. The van der Waals surface area contributed by atoms with Gasteiger partial charge in [-0.3, -0.25) is 4.99 Å². The molecule has 1 atom stereocenters. The Balaban J connectivity index is 0.00000162. The van der Waals surface area contributed by atoms with E-state index >= 15 is 0 Å². The van der Waals surface area contributed by atoms with E-state index in [1.165, 1.54) is 12.8 Å². The third-order valence-corrected chi connectivity index (χ3v) is 3.00. The van der Waals surface area contributed by atoms with Gasteiger partial charge in [-0.05, 0) is 25.7 Å². The molecule has 6 heteroatoms. The van der Waals surface area contributed by atoms with Crippen molar-refractivity contribution < 1.29 is 9.47 Å². The van der Waals surface area contributed by atoms with Crippen LogP contribution >= 0.6 is 24.0 Å². The van der Waals surface area contributed by atoms with Crippen molar-refractivity contribution in [3.05, 3.63) is 0 Å². The largest absolute Gasteiger partial charge is 0.379 e. The van der Waals surface area contributed by atoms with Crippen LogP contribution in [0.25, 0.3) is 0 Å². The molecular weight excluding hydrogens is 345 g/mol. The molecule has 2 fully saturated rings. The highest BCUT2D eigenvalue weighted by molar-refractivity contribution is 14.0. The van der Waals surface area contributed by atoms with Gasteiger partial charge in [0.15, 0.2) is 5.96 Å². The van der Waals surface area contributed by atoms with Crippen LogP contribution in [0.5, 0.6) is 0 Å². The molecule has 1 aliphatic heterocycles. The number of nitrogens with one attached hydrogen (secondary N) is 2. The average Bonchev–Trinajstić information content (AvgIpc) is 3.01. The molecular formula is C12H24IN3O2. The molecule has 0 aromatic carbocycles. The van der Waals surface area contributed by atoms with E-state index in [9.17, 15) is 0 Å². The Bertz CT molecular complexity index is 254. The van der Waals surface area contributed by atoms with Crippen LogP contribution in [0, 0.1) is 0 Å². The van der Waals surface area contributed by atoms with E-state index in [1.54, 1.807) is 0 Å². The predicted molar refractivity (Wildman–Crippen MR) is 82.7 cm³/mol. The van der Waals surface area contributed by atoms with Crippen LogP contribution in [0.3, 0.4) is 0 Å². The molecule has 18 heavy (non-hydrogen) atoms. The zero-order valence-electron chi connectivity index (χ0n) is 11.0. The van der Waals surface area contributed by atoms with Crippen LogP contribution in [0.1, 0.15) is 25.7 Å². The summed E-state index contributed by atoms with van der Waals surface area (Å²) in [5.74, 6) is 0.914. The van der Waals surface area contributed by atoms with Gasteiger partial charge < -0.3 is 20.1 Å². The van der Waals surface area contributed by atoms with Crippen molar-refractivity contribution in [1.29, 1.82) is 0 Å². The molecule has 2 aliphatic rings. The van der Waals surface area contributed by atoms with Crippen LogP contribution in [-0.2, 0) is 9.47 Å². The van der Waals surface area contributed by atoms with Gasteiger partial charge in [0.1, 0.15) is 0 Å². The van der Waals surface area contributed by atoms with Crippen LogP contribution in [0.15, 0.2) is 4.99 Å². The lowest BCUT2D eigenvalue weighted by atomic mass is 10.3. The molecule has 0 amide bonds. The first-order valence-electron chi connectivity index (χ1n) is 6.55. The quantitative estimate of drug-likeness (QED) is 0.319. The van der Waals surface area contributed by atoms with Gasteiger partial charge in [-0.25, -0.2) is 0 Å². The second-order valence-electron chi connectivity index (χ2n) is 4.63. The molecule has 0 spiro atoms. The molecule has 0 bridgehead atoms. The Morgan fingerprint density at radius 3 is 2.83 bits per heavy atom. The normalized spacial score (nSPS) is 23.6. The standard InChI is InChI=1S/C12H23N3O2.HI/c1-13-12(15-10-3-4-10)14-6-2-7-17-11-5-8-16-9-11;/h10-11H,2-9H2,1H3,(H2,13,14,15);1H. The van der Waals surface area contributed by atoms with Gasteiger partial charge in [-0.15, -0.1) is 24.0 Å². The van der Waals surface area contributed by atoms with Crippen molar-refractivity contribution in [3.63, 3.8) is 0 Å². The number of hydrogen-bond acceptors (Lipinski definition) is 3. The summed E-state index contributed by atoms with van der Waals surface area (Å²) < 4.78 is 10.9. The fraction of sp³-hybridized carbons (Fsp3) is 0.917. The number of hydrogen-bond donors (Lipinski definition) is 2. The second-order valence-corrected chi connectivity index (χ2v) is 4.63. The molecule has 0 radical (unpaired) electrons. The van der Waals surface area contributed by atoms with Crippen molar-refractivity contribution in [2.24, 2.45) is 4.99 Å². The fourth-order valence-corrected chi connectivity index (χ4v) is 1.79. The second kappa shape index (κ2) is 8.92. The smallest absolute Gasteiger partial charge is 0.191 e. The molecule has 1 aliphatic carbocycles. The number of rotatable bonds is 6. The van der Waals surface area contributed by atoms with Gasteiger partial charge in [0.2, 0.25) is 0 Å². The minimum absolute atomic E-state index is 0. The Labute approximate surface area is 126 Å². The van der Waals surface area contributed by atoms with E-state index in [0.717, 1.165) is 45.2 Å². The molecule has 106 valence electrons. The Kier molecular flexibility index (Phi) is 7.92. The SMILES string of the molecule is CN=C(NCCCOC1CCOC1)NC1CC1.I. The Morgan fingerprint density at radius 1 is 1.39 bits per heavy atom. The summed E-state index contributed by atoms with van der Waals surface area (Å²) >= 11 is 0. The Morgan fingerprint density at radius 2 is 2.22 bits per heavy atom. The summed E-state index contributed by atoms with van der Waals surface area (Å²) in [6, 6.07) is 0.646. The maximum atomic E-state index is 5.69. The molecule has 2 N–H and O–H groups in total. The van der Waals surface area contributed by atoms with Crippen LogP contribution in [0.4, 0.5) is 0 Å². The molecule has 1 saturated heterocycles. The number of guanidine groups is 1. The molecule has 1 saturated carbocycles. The first-order valence-corrected chi connectivity index (χ1v) is 6.55.